The summed E-state index contributed by atoms with van der Waals surface area (Å²) in [4.78, 5) is 0. The van der Waals surface area contributed by atoms with E-state index in [0.717, 1.165) is 11.8 Å². The molecule has 1 aliphatic carbocycles. The summed E-state index contributed by atoms with van der Waals surface area (Å²) < 4.78 is 0. The van der Waals surface area contributed by atoms with Crippen molar-refractivity contribution in [3.8, 4) is 0 Å². The van der Waals surface area contributed by atoms with Crippen molar-refractivity contribution in [1.29, 1.82) is 0 Å². The molecule has 0 aromatic heterocycles. The quantitative estimate of drug-likeness (QED) is 0.503. The monoisotopic (exact) mass is 168 g/mol. The normalized spacial score (nSPS) is 34.5. The molecule has 0 nitrogen and oxygen atoms in total. The lowest BCUT2D eigenvalue weighted by atomic mass is 9.89. The maximum atomic E-state index is 2.42. The molecule has 1 aliphatic rings. The van der Waals surface area contributed by atoms with Gasteiger partial charge in [0.15, 0.2) is 0 Å². The Morgan fingerprint density at radius 3 is 1.42 bits per heavy atom. The average molecular weight is 168 g/mol. The van der Waals surface area contributed by atoms with Crippen LogP contribution >= 0.6 is 0 Å². The molecule has 0 bridgehead atoms. The minimum absolute atomic E-state index is 0.991. The molecule has 0 N–H and O–H groups in total. The molecule has 0 aromatic rings. The molecule has 0 radical (unpaired) electrons. The van der Waals surface area contributed by atoms with Gasteiger partial charge in [-0.15, -0.1) is 0 Å². The van der Waals surface area contributed by atoms with Crippen LogP contribution in [0.2, 0.25) is 0 Å². The van der Waals surface area contributed by atoms with Crippen molar-refractivity contribution in [2.75, 3.05) is 0 Å². The van der Waals surface area contributed by atoms with E-state index in [4.69, 9.17) is 0 Å². The molecule has 1 saturated carbocycles. The highest BCUT2D eigenvalue weighted by Gasteiger charge is 2.08. The summed E-state index contributed by atoms with van der Waals surface area (Å²) in [5.41, 5.74) is 0. The van der Waals surface area contributed by atoms with E-state index in [1.165, 1.54) is 51.4 Å². The van der Waals surface area contributed by atoms with Crippen LogP contribution in [0.25, 0.3) is 0 Å². The highest BCUT2D eigenvalue weighted by Crippen LogP contribution is 2.23. The van der Waals surface area contributed by atoms with E-state index < -0.39 is 0 Å². The van der Waals surface area contributed by atoms with Gasteiger partial charge in [0.05, 0.1) is 0 Å². The Labute approximate surface area is 77.7 Å². The molecule has 2 atom stereocenters. The third kappa shape index (κ3) is 4.13. The van der Waals surface area contributed by atoms with Gasteiger partial charge in [-0.05, 0) is 11.8 Å². The standard InChI is InChI=1S/C12H24/c1-11-7-5-3-4-6-8-12(2)10-9-11/h11-12H,3-10H2,1-2H3. The molecule has 0 heteroatoms. The molecule has 1 fully saturated rings. The van der Waals surface area contributed by atoms with Gasteiger partial charge in [-0.3, -0.25) is 0 Å². The maximum absolute atomic E-state index is 2.42. The second-order valence-electron chi connectivity index (χ2n) is 4.78. The maximum Gasteiger partial charge on any atom is -0.0443 e. The van der Waals surface area contributed by atoms with Gasteiger partial charge in [0, 0.05) is 0 Å². The summed E-state index contributed by atoms with van der Waals surface area (Å²) in [6.45, 7) is 4.85. The molecular formula is C12H24. The molecule has 2 unspecified atom stereocenters. The van der Waals surface area contributed by atoms with Crippen molar-refractivity contribution >= 4 is 0 Å². The first-order chi connectivity index (χ1) is 5.79. The Morgan fingerprint density at radius 1 is 0.583 bits per heavy atom. The minimum Gasteiger partial charge on any atom is -0.0625 e. The van der Waals surface area contributed by atoms with Crippen molar-refractivity contribution in [1.82, 2.24) is 0 Å². The Hall–Kier alpha value is 0. The Kier molecular flexibility index (Phi) is 4.72. The Balaban J connectivity index is 2.23. The van der Waals surface area contributed by atoms with Crippen LogP contribution in [0, 0.1) is 11.8 Å². The third-order valence-corrected chi connectivity index (χ3v) is 3.30. The lowest BCUT2D eigenvalue weighted by molar-refractivity contribution is 0.359. The third-order valence-electron chi connectivity index (χ3n) is 3.30. The SMILES string of the molecule is CC1CCCCCCC(C)CC1. The predicted molar refractivity (Wildman–Crippen MR) is 55.3 cm³/mol. The zero-order valence-electron chi connectivity index (χ0n) is 8.81. The molecule has 0 aromatic carbocycles. The topological polar surface area (TPSA) is 0 Å². The Bertz CT molecular complexity index is 92.6. The fourth-order valence-electron chi connectivity index (χ4n) is 2.20. The molecule has 0 heterocycles. The van der Waals surface area contributed by atoms with Gasteiger partial charge in [0.1, 0.15) is 0 Å². The van der Waals surface area contributed by atoms with Crippen molar-refractivity contribution in [3.05, 3.63) is 0 Å². The molecule has 0 saturated heterocycles. The number of hydrogen-bond acceptors (Lipinski definition) is 0. The predicted octanol–water partition coefficient (Wildman–Crippen LogP) is 4.39. The molecule has 0 aliphatic heterocycles. The van der Waals surface area contributed by atoms with Crippen LogP contribution in [0.4, 0.5) is 0 Å². The average Bonchev–Trinajstić information content (AvgIpc) is 2.07. The fourth-order valence-corrected chi connectivity index (χ4v) is 2.20. The molecular weight excluding hydrogens is 144 g/mol. The second-order valence-corrected chi connectivity index (χ2v) is 4.78. The summed E-state index contributed by atoms with van der Waals surface area (Å²) in [5.74, 6) is 1.98. The van der Waals surface area contributed by atoms with Crippen LogP contribution < -0.4 is 0 Å². The van der Waals surface area contributed by atoms with E-state index in [9.17, 15) is 0 Å². The van der Waals surface area contributed by atoms with Crippen LogP contribution in [-0.2, 0) is 0 Å². The minimum atomic E-state index is 0.991. The van der Waals surface area contributed by atoms with Gasteiger partial charge in [-0.1, -0.05) is 65.2 Å². The molecule has 12 heavy (non-hydrogen) atoms. The van der Waals surface area contributed by atoms with Crippen LogP contribution in [0.5, 0.6) is 0 Å². The fraction of sp³-hybridized carbons (Fsp3) is 1.00. The summed E-state index contributed by atoms with van der Waals surface area (Å²) in [6.07, 6.45) is 11.8. The van der Waals surface area contributed by atoms with Crippen LogP contribution in [-0.4, -0.2) is 0 Å². The van der Waals surface area contributed by atoms with Crippen molar-refractivity contribution in [3.63, 3.8) is 0 Å². The van der Waals surface area contributed by atoms with Gasteiger partial charge in [-0.25, -0.2) is 0 Å². The van der Waals surface area contributed by atoms with E-state index in [1.807, 2.05) is 0 Å². The molecule has 1 rings (SSSR count). The van der Waals surface area contributed by atoms with Gasteiger partial charge in [-0.2, -0.15) is 0 Å². The first-order valence-electron chi connectivity index (χ1n) is 5.79. The zero-order chi connectivity index (χ0) is 8.81. The summed E-state index contributed by atoms with van der Waals surface area (Å²) in [7, 11) is 0. The summed E-state index contributed by atoms with van der Waals surface area (Å²) >= 11 is 0. The van der Waals surface area contributed by atoms with Crippen molar-refractivity contribution in [2.45, 2.75) is 65.2 Å². The van der Waals surface area contributed by atoms with Crippen LogP contribution in [0.3, 0.4) is 0 Å². The molecule has 72 valence electrons. The zero-order valence-corrected chi connectivity index (χ0v) is 8.81. The van der Waals surface area contributed by atoms with Gasteiger partial charge >= 0.3 is 0 Å². The van der Waals surface area contributed by atoms with E-state index in [1.54, 1.807) is 0 Å². The number of hydrogen-bond donors (Lipinski definition) is 0. The van der Waals surface area contributed by atoms with E-state index >= 15 is 0 Å². The first kappa shape index (κ1) is 10.1. The largest absolute Gasteiger partial charge is 0.0625 e. The highest BCUT2D eigenvalue weighted by molar-refractivity contribution is 4.61. The van der Waals surface area contributed by atoms with Crippen molar-refractivity contribution < 1.29 is 0 Å². The number of rotatable bonds is 0. The van der Waals surface area contributed by atoms with Gasteiger partial charge in [0.25, 0.3) is 0 Å². The van der Waals surface area contributed by atoms with Gasteiger partial charge in [0.2, 0.25) is 0 Å². The van der Waals surface area contributed by atoms with Gasteiger partial charge < -0.3 is 0 Å². The van der Waals surface area contributed by atoms with Crippen molar-refractivity contribution in [2.24, 2.45) is 11.8 Å². The van der Waals surface area contributed by atoms with E-state index in [-0.39, 0.29) is 0 Å². The Morgan fingerprint density at radius 2 is 1.00 bits per heavy atom. The smallest absolute Gasteiger partial charge is 0.0443 e. The molecule has 0 spiro atoms. The van der Waals surface area contributed by atoms with Crippen LogP contribution in [0.1, 0.15) is 65.2 Å². The second kappa shape index (κ2) is 5.61. The van der Waals surface area contributed by atoms with E-state index in [0.29, 0.717) is 0 Å². The highest BCUT2D eigenvalue weighted by atomic mass is 14.1. The lowest BCUT2D eigenvalue weighted by Gasteiger charge is -2.17. The lowest BCUT2D eigenvalue weighted by Crippen LogP contribution is -2.02. The van der Waals surface area contributed by atoms with E-state index in [2.05, 4.69) is 13.8 Å². The summed E-state index contributed by atoms with van der Waals surface area (Å²) in [6, 6.07) is 0. The first-order valence-corrected chi connectivity index (χ1v) is 5.79. The molecule has 0 amide bonds. The van der Waals surface area contributed by atoms with Crippen LogP contribution in [0.15, 0.2) is 0 Å². The summed E-state index contributed by atoms with van der Waals surface area (Å²) in [5, 5.41) is 0.